The van der Waals surface area contributed by atoms with E-state index in [1.807, 2.05) is 13.1 Å². The number of aryl methyl sites for hydroxylation is 1. The first-order chi connectivity index (χ1) is 11.9. The van der Waals surface area contributed by atoms with E-state index in [9.17, 15) is 8.42 Å². The molecule has 0 amide bonds. The highest BCUT2D eigenvalue weighted by molar-refractivity contribution is 14.0. The molecule has 0 bridgehead atoms. The lowest BCUT2D eigenvalue weighted by atomic mass is 10.1. The van der Waals surface area contributed by atoms with Gasteiger partial charge in [0.2, 0.25) is 10.0 Å². The highest BCUT2D eigenvalue weighted by Gasteiger charge is 2.06. The van der Waals surface area contributed by atoms with Crippen molar-refractivity contribution in [2.45, 2.75) is 24.7 Å². The zero-order valence-electron chi connectivity index (χ0n) is 14.7. The number of nitrogens with zero attached hydrogens (tertiary/aromatic N) is 2. The molecule has 0 fully saturated rings. The third kappa shape index (κ3) is 7.56. The Labute approximate surface area is 175 Å². The van der Waals surface area contributed by atoms with Crippen LogP contribution in [0.2, 0.25) is 0 Å². The summed E-state index contributed by atoms with van der Waals surface area (Å²) < 4.78 is 22.5. The van der Waals surface area contributed by atoms with Gasteiger partial charge in [-0.15, -0.1) is 35.3 Å². The fourth-order valence-electron chi connectivity index (χ4n) is 2.20. The van der Waals surface area contributed by atoms with E-state index < -0.39 is 10.0 Å². The fraction of sp³-hybridized carbons (Fsp3) is 0.375. The van der Waals surface area contributed by atoms with E-state index in [0.29, 0.717) is 6.54 Å². The molecule has 4 N–H and O–H groups in total. The predicted molar refractivity (Wildman–Crippen MR) is 117 cm³/mol. The van der Waals surface area contributed by atoms with Gasteiger partial charge in [-0.3, -0.25) is 4.99 Å². The minimum atomic E-state index is -3.64. The Hall–Kier alpha value is -1.24. The van der Waals surface area contributed by atoms with E-state index in [1.165, 1.54) is 17.0 Å². The van der Waals surface area contributed by atoms with Crippen molar-refractivity contribution in [1.82, 2.24) is 15.6 Å². The van der Waals surface area contributed by atoms with Gasteiger partial charge in [-0.1, -0.05) is 12.1 Å². The van der Waals surface area contributed by atoms with Crippen LogP contribution in [0.5, 0.6) is 0 Å². The van der Waals surface area contributed by atoms with Crippen LogP contribution in [0.1, 0.15) is 15.4 Å². The largest absolute Gasteiger partial charge is 0.356 e. The van der Waals surface area contributed by atoms with Crippen molar-refractivity contribution >= 4 is 51.3 Å². The molecule has 7 nitrogen and oxygen atoms in total. The summed E-state index contributed by atoms with van der Waals surface area (Å²) in [6, 6.07) is 6.58. The summed E-state index contributed by atoms with van der Waals surface area (Å²) >= 11 is 1.70. The fourth-order valence-corrected chi connectivity index (χ4v) is 3.50. The van der Waals surface area contributed by atoms with Crippen molar-refractivity contribution in [1.29, 1.82) is 0 Å². The molecule has 0 saturated heterocycles. The molecule has 1 aromatic carbocycles. The number of nitrogens with one attached hydrogen (secondary N) is 2. The standard InChI is InChI=1S/C16H23N5O2S2.HI/c1-12-11-21-15(24-12)8-10-20-16(18-2)19-9-7-13-3-5-14(6-4-13)25(17,22)23;/h3-6,11H,7-10H2,1-2H3,(H2,17,22,23)(H2,18,19,20);1H. The van der Waals surface area contributed by atoms with Gasteiger partial charge < -0.3 is 10.6 Å². The molecule has 0 aliphatic carbocycles. The third-order valence-corrected chi connectivity index (χ3v) is 5.38. The Morgan fingerprint density at radius 1 is 1.19 bits per heavy atom. The molecule has 0 spiro atoms. The molecule has 1 heterocycles. The van der Waals surface area contributed by atoms with Crippen molar-refractivity contribution in [2.24, 2.45) is 10.1 Å². The maximum Gasteiger partial charge on any atom is 0.238 e. The van der Waals surface area contributed by atoms with E-state index >= 15 is 0 Å². The van der Waals surface area contributed by atoms with Crippen molar-refractivity contribution < 1.29 is 8.42 Å². The summed E-state index contributed by atoms with van der Waals surface area (Å²) in [6.07, 6.45) is 3.49. The Morgan fingerprint density at radius 3 is 2.31 bits per heavy atom. The first-order valence-corrected chi connectivity index (χ1v) is 10.2. The summed E-state index contributed by atoms with van der Waals surface area (Å²) in [4.78, 5) is 9.85. The summed E-state index contributed by atoms with van der Waals surface area (Å²) in [5.41, 5.74) is 1.02. The van der Waals surface area contributed by atoms with Crippen molar-refractivity contribution in [2.75, 3.05) is 20.1 Å². The van der Waals surface area contributed by atoms with Gasteiger partial charge in [-0.25, -0.2) is 18.5 Å². The third-order valence-electron chi connectivity index (χ3n) is 3.48. The number of halogens is 1. The van der Waals surface area contributed by atoms with Crippen molar-refractivity contribution in [3.63, 3.8) is 0 Å². The normalized spacial score (nSPS) is 11.7. The quantitative estimate of drug-likeness (QED) is 0.299. The SMILES string of the molecule is CN=C(NCCc1ccc(S(N)(=O)=O)cc1)NCCc1ncc(C)s1.I. The number of aromatic nitrogens is 1. The smallest absolute Gasteiger partial charge is 0.238 e. The number of primary sulfonamides is 1. The molecule has 144 valence electrons. The highest BCUT2D eigenvalue weighted by atomic mass is 127. The van der Waals surface area contributed by atoms with Gasteiger partial charge >= 0.3 is 0 Å². The van der Waals surface area contributed by atoms with Crippen LogP contribution in [0.25, 0.3) is 0 Å². The van der Waals surface area contributed by atoms with Crippen LogP contribution in [0.3, 0.4) is 0 Å². The Bertz CT molecular complexity index is 819. The van der Waals surface area contributed by atoms with Crippen LogP contribution in [0, 0.1) is 6.92 Å². The minimum absolute atomic E-state index is 0. The zero-order chi connectivity index (χ0) is 18.3. The van der Waals surface area contributed by atoms with Crippen LogP contribution in [0.15, 0.2) is 40.4 Å². The van der Waals surface area contributed by atoms with E-state index in [2.05, 4.69) is 20.6 Å². The number of nitrogens with two attached hydrogens (primary N) is 1. The summed E-state index contributed by atoms with van der Waals surface area (Å²) in [7, 11) is -1.91. The summed E-state index contributed by atoms with van der Waals surface area (Å²) in [5.74, 6) is 0.731. The van der Waals surface area contributed by atoms with Crippen LogP contribution >= 0.6 is 35.3 Å². The molecule has 1 aromatic heterocycles. The Balaban J connectivity index is 0.00000338. The van der Waals surface area contributed by atoms with Gasteiger partial charge in [0.1, 0.15) is 0 Å². The molecule has 10 heteroatoms. The number of sulfonamides is 1. The molecule has 26 heavy (non-hydrogen) atoms. The number of benzene rings is 1. The Kier molecular flexibility index (Phi) is 9.47. The highest BCUT2D eigenvalue weighted by Crippen LogP contribution is 2.11. The monoisotopic (exact) mass is 509 g/mol. The van der Waals surface area contributed by atoms with Gasteiger partial charge in [0.05, 0.1) is 9.90 Å². The summed E-state index contributed by atoms with van der Waals surface area (Å²) in [5, 5.41) is 12.7. The van der Waals surface area contributed by atoms with Gasteiger partial charge in [-0.2, -0.15) is 0 Å². The zero-order valence-corrected chi connectivity index (χ0v) is 18.7. The maximum absolute atomic E-state index is 11.2. The topological polar surface area (TPSA) is 109 Å². The van der Waals surface area contributed by atoms with Gasteiger partial charge in [0.25, 0.3) is 0 Å². The lowest BCUT2D eigenvalue weighted by molar-refractivity contribution is 0.598. The second-order valence-corrected chi connectivity index (χ2v) is 8.36. The summed E-state index contributed by atoms with van der Waals surface area (Å²) in [6.45, 7) is 3.49. The van der Waals surface area contributed by atoms with E-state index in [1.54, 1.807) is 30.5 Å². The minimum Gasteiger partial charge on any atom is -0.356 e. The predicted octanol–water partition coefficient (Wildman–Crippen LogP) is 1.67. The lowest BCUT2D eigenvalue weighted by Gasteiger charge is -2.11. The van der Waals surface area contributed by atoms with E-state index in [4.69, 9.17) is 5.14 Å². The molecule has 0 unspecified atom stereocenters. The van der Waals surface area contributed by atoms with Gasteiger partial charge in [0.15, 0.2) is 5.96 Å². The number of rotatable bonds is 7. The Morgan fingerprint density at radius 2 is 1.81 bits per heavy atom. The molecule has 0 aliphatic rings. The van der Waals surface area contributed by atoms with Gasteiger partial charge in [0, 0.05) is 37.6 Å². The first-order valence-electron chi connectivity index (χ1n) is 7.86. The average molecular weight is 509 g/mol. The molecule has 0 aliphatic heterocycles. The number of aliphatic imine (C=N–C) groups is 1. The van der Waals surface area contributed by atoms with Crippen LogP contribution in [0.4, 0.5) is 0 Å². The van der Waals surface area contributed by atoms with Crippen molar-refractivity contribution in [3.8, 4) is 0 Å². The van der Waals surface area contributed by atoms with Gasteiger partial charge in [-0.05, 0) is 31.0 Å². The lowest BCUT2D eigenvalue weighted by Crippen LogP contribution is -2.39. The number of hydrogen-bond acceptors (Lipinski definition) is 5. The van der Waals surface area contributed by atoms with Crippen molar-refractivity contribution in [3.05, 3.63) is 45.9 Å². The van der Waals surface area contributed by atoms with Crippen LogP contribution < -0.4 is 15.8 Å². The second-order valence-electron chi connectivity index (χ2n) is 5.48. The molecule has 2 aromatic rings. The van der Waals surface area contributed by atoms with E-state index in [-0.39, 0.29) is 28.9 Å². The number of thiazole rings is 1. The molecular weight excluding hydrogens is 485 g/mol. The van der Waals surface area contributed by atoms with Crippen LogP contribution in [-0.2, 0) is 22.9 Å². The molecule has 0 saturated carbocycles. The maximum atomic E-state index is 11.2. The molecular formula is C16H24IN5O2S2. The van der Waals surface area contributed by atoms with Crippen LogP contribution in [-0.4, -0.2) is 39.5 Å². The molecule has 0 atom stereocenters. The first kappa shape index (κ1) is 22.8. The van der Waals surface area contributed by atoms with E-state index in [0.717, 1.165) is 35.9 Å². The average Bonchev–Trinajstić information content (AvgIpc) is 2.98. The molecule has 2 rings (SSSR count). The number of hydrogen-bond donors (Lipinski definition) is 3. The second kappa shape index (κ2) is 10.8. The number of guanidine groups is 1. The molecule has 0 radical (unpaired) electrons.